The van der Waals surface area contributed by atoms with E-state index in [1.54, 1.807) is 18.2 Å². The smallest absolute Gasteiger partial charge is 0.256 e. The Labute approximate surface area is 125 Å². The van der Waals surface area contributed by atoms with Crippen molar-refractivity contribution < 1.29 is 4.79 Å². The van der Waals surface area contributed by atoms with E-state index in [1.807, 2.05) is 26.0 Å². The fraction of sp³-hybridized carbons (Fsp3) is 0.143. The van der Waals surface area contributed by atoms with Crippen molar-refractivity contribution in [2.45, 2.75) is 13.8 Å². The molecule has 0 atom stereocenters. The van der Waals surface area contributed by atoms with Crippen molar-refractivity contribution >= 4 is 39.1 Å². The standard InChI is InChI=1S/C14H12BrClN2O/c1-8-3-4-10(16)7-11(8)14(19)18-12-5-6-13(15)17-9(12)2/h3-7H,1-2H3,(H,18,19). The third-order valence-electron chi connectivity index (χ3n) is 2.74. The SMILES string of the molecule is Cc1ccc(Cl)cc1C(=O)Nc1ccc(Br)nc1C. The summed E-state index contributed by atoms with van der Waals surface area (Å²) in [6.07, 6.45) is 0. The predicted octanol–water partition coefficient (Wildman–Crippen LogP) is 4.37. The third-order valence-corrected chi connectivity index (χ3v) is 3.42. The second-order valence-corrected chi connectivity index (χ2v) is 5.43. The summed E-state index contributed by atoms with van der Waals surface area (Å²) in [5, 5.41) is 3.38. The van der Waals surface area contributed by atoms with Gasteiger partial charge in [-0.2, -0.15) is 0 Å². The van der Waals surface area contributed by atoms with Gasteiger partial charge in [0, 0.05) is 10.6 Å². The highest BCUT2D eigenvalue weighted by Gasteiger charge is 2.11. The zero-order valence-corrected chi connectivity index (χ0v) is 12.8. The van der Waals surface area contributed by atoms with Crippen LogP contribution in [-0.4, -0.2) is 10.9 Å². The number of hydrogen-bond donors (Lipinski definition) is 1. The molecule has 3 nitrogen and oxygen atoms in total. The van der Waals surface area contributed by atoms with Crippen LogP contribution < -0.4 is 5.32 Å². The lowest BCUT2D eigenvalue weighted by Gasteiger charge is -2.10. The molecule has 1 N–H and O–H groups in total. The van der Waals surface area contributed by atoms with Gasteiger partial charge in [0.2, 0.25) is 0 Å². The van der Waals surface area contributed by atoms with E-state index in [4.69, 9.17) is 11.6 Å². The number of aromatic nitrogens is 1. The number of benzene rings is 1. The number of hydrogen-bond acceptors (Lipinski definition) is 2. The zero-order chi connectivity index (χ0) is 14.0. The summed E-state index contributed by atoms with van der Waals surface area (Å²) in [6.45, 7) is 3.71. The third kappa shape index (κ3) is 3.33. The van der Waals surface area contributed by atoms with Gasteiger partial charge >= 0.3 is 0 Å². The first-order valence-corrected chi connectivity index (χ1v) is 6.85. The van der Waals surface area contributed by atoms with Gasteiger partial charge in [0.15, 0.2) is 0 Å². The number of nitrogens with one attached hydrogen (secondary N) is 1. The molecule has 0 aliphatic rings. The van der Waals surface area contributed by atoms with E-state index in [2.05, 4.69) is 26.2 Å². The maximum atomic E-state index is 12.2. The van der Waals surface area contributed by atoms with Crippen LogP contribution in [0.2, 0.25) is 5.02 Å². The monoisotopic (exact) mass is 338 g/mol. The number of carbonyl (C=O) groups is 1. The van der Waals surface area contributed by atoms with Gasteiger partial charge < -0.3 is 5.32 Å². The summed E-state index contributed by atoms with van der Waals surface area (Å²) in [7, 11) is 0. The van der Waals surface area contributed by atoms with Gasteiger partial charge in [-0.3, -0.25) is 4.79 Å². The molecular weight excluding hydrogens is 328 g/mol. The predicted molar refractivity (Wildman–Crippen MR) is 80.8 cm³/mol. The molecule has 0 radical (unpaired) electrons. The summed E-state index contributed by atoms with van der Waals surface area (Å²) in [5.41, 5.74) is 2.88. The van der Waals surface area contributed by atoms with Crippen molar-refractivity contribution in [1.29, 1.82) is 0 Å². The first-order chi connectivity index (χ1) is 8.97. The molecule has 0 unspecified atom stereocenters. The van der Waals surface area contributed by atoms with Crippen LogP contribution in [0.4, 0.5) is 5.69 Å². The Balaban J connectivity index is 2.28. The van der Waals surface area contributed by atoms with E-state index in [0.717, 1.165) is 15.9 Å². The number of pyridine rings is 1. The summed E-state index contributed by atoms with van der Waals surface area (Å²) in [6, 6.07) is 8.84. The number of aryl methyl sites for hydroxylation is 2. The Bertz CT molecular complexity index is 643. The molecule has 0 fully saturated rings. The molecule has 1 aromatic carbocycles. The van der Waals surface area contributed by atoms with E-state index >= 15 is 0 Å². The average molecular weight is 340 g/mol. The summed E-state index contributed by atoms with van der Waals surface area (Å²) < 4.78 is 0.738. The summed E-state index contributed by atoms with van der Waals surface area (Å²) in [5.74, 6) is -0.188. The Morgan fingerprint density at radius 2 is 2.00 bits per heavy atom. The molecule has 5 heteroatoms. The number of halogens is 2. The number of rotatable bonds is 2. The molecule has 1 amide bonds. The molecule has 0 aliphatic heterocycles. The van der Waals surface area contributed by atoms with Crippen LogP contribution in [0.25, 0.3) is 0 Å². The first kappa shape index (κ1) is 14.0. The van der Waals surface area contributed by atoms with Crippen molar-refractivity contribution in [3.63, 3.8) is 0 Å². The molecular formula is C14H12BrClN2O. The van der Waals surface area contributed by atoms with E-state index in [-0.39, 0.29) is 5.91 Å². The molecule has 0 spiro atoms. The molecule has 98 valence electrons. The molecule has 19 heavy (non-hydrogen) atoms. The normalized spacial score (nSPS) is 10.3. The van der Waals surface area contributed by atoms with Gasteiger partial charge in [-0.1, -0.05) is 17.7 Å². The van der Waals surface area contributed by atoms with Crippen LogP contribution in [0.1, 0.15) is 21.6 Å². The maximum absolute atomic E-state index is 12.2. The number of nitrogens with zero attached hydrogens (tertiary/aromatic N) is 1. The Kier molecular flexibility index (Phi) is 4.22. The second kappa shape index (κ2) is 5.72. The minimum absolute atomic E-state index is 0.188. The lowest BCUT2D eigenvalue weighted by atomic mass is 10.1. The molecule has 1 aromatic heterocycles. The van der Waals surface area contributed by atoms with E-state index in [9.17, 15) is 4.79 Å². The summed E-state index contributed by atoms with van der Waals surface area (Å²) >= 11 is 9.20. The highest BCUT2D eigenvalue weighted by atomic mass is 79.9. The Hall–Kier alpha value is -1.39. The van der Waals surface area contributed by atoms with Gasteiger partial charge in [-0.05, 0) is 59.6 Å². The van der Waals surface area contributed by atoms with Crippen molar-refractivity contribution in [1.82, 2.24) is 4.98 Å². The van der Waals surface area contributed by atoms with Crippen molar-refractivity contribution in [3.05, 3.63) is 56.8 Å². The molecule has 0 saturated carbocycles. The maximum Gasteiger partial charge on any atom is 0.256 e. The van der Waals surface area contributed by atoms with Crippen LogP contribution >= 0.6 is 27.5 Å². The number of anilines is 1. The van der Waals surface area contributed by atoms with Gasteiger partial charge in [-0.25, -0.2) is 4.98 Å². The molecule has 0 aliphatic carbocycles. The fourth-order valence-corrected chi connectivity index (χ4v) is 2.26. The van der Waals surface area contributed by atoms with E-state index in [0.29, 0.717) is 16.3 Å². The van der Waals surface area contributed by atoms with Crippen LogP contribution in [0.15, 0.2) is 34.9 Å². The van der Waals surface area contributed by atoms with Crippen LogP contribution in [0, 0.1) is 13.8 Å². The fourth-order valence-electron chi connectivity index (χ4n) is 1.69. The first-order valence-electron chi connectivity index (χ1n) is 5.68. The van der Waals surface area contributed by atoms with Crippen LogP contribution in [0.5, 0.6) is 0 Å². The molecule has 2 aromatic rings. The molecule has 1 heterocycles. The number of amides is 1. The lowest BCUT2D eigenvalue weighted by Crippen LogP contribution is -2.14. The largest absolute Gasteiger partial charge is 0.320 e. The van der Waals surface area contributed by atoms with Gasteiger partial charge in [0.1, 0.15) is 4.60 Å². The lowest BCUT2D eigenvalue weighted by molar-refractivity contribution is 0.102. The Morgan fingerprint density at radius 3 is 2.68 bits per heavy atom. The molecule has 2 rings (SSSR count). The Morgan fingerprint density at radius 1 is 1.26 bits per heavy atom. The van der Waals surface area contributed by atoms with E-state index < -0.39 is 0 Å². The summed E-state index contributed by atoms with van der Waals surface area (Å²) in [4.78, 5) is 16.5. The van der Waals surface area contributed by atoms with Gasteiger partial charge in [0.05, 0.1) is 11.4 Å². The minimum atomic E-state index is -0.188. The highest BCUT2D eigenvalue weighted by molar-refractivity contribution is 9.10. The van der Waals surface area contributed by atoms with Crippen LogP contribution in [-0.2, 0) is 0 Å². The van der Waals surface area contributed by atoms with Gasteiger partial charge in [-0.15, -0.1) is 0 Å². The van der Waals surface area contributed by atoms with Crippen molar-refractivity contribution in [2.75, 3.05) is 5.32 Å². The quantitative estimate of drug-likeness (QED) is 0.826. The van der Waals surface area contributed by atoms with Crippen molar-refractivity contribution in [3.8, 4) is 0 Å². The van der Waals surface area contributed by atoms with E-state index in [1.165, 1.54) is 0 Å². The van der Waals surface area contributed by atoms with Gasteiger partial charge in [0.25, 0.3) is 5.91 Å². The van der Waals surface area contributed by atoms with Crippen LogP contribution in [0.3, 0.4) is 0 Å². The average Bonchev–Trinajstić information content (AvgIpc) is 2.35. The molecule has 0 saturated heterocycles. The second-order valence-electron chi connectivity index (χ2n) is 4.18. The molecule has 0 bridgehead atoms. The highest BCUT2D eigenvalue weighted by Crippen LogP contribution is 2.20. The number of carbonyl (C=O) groups excluding carboxylic acids is 1. The minimum Gasteiger partial charge on any atom is -0.320 e. The van der Waals surface area contributed by atoms with Crippen molar-refractivity contribution in [2.24, 2.45) is 0 Å². The topological polar surface area (TPSA) is 42.0 Å². The zero-order valence-electron chi connectivity index (χ0n) is 10.5.